The molecule has 4 nitrogen and oxygen atoms in total. The summed E-state index contributed by atoms with van der Waals surface area (Å²) in [6.45, 7) is 1.30. The summed E-state index contributed by atoms with van der Waals surface area (Å²) in [6.07, 6.45) is 1.88. The highest BCUT2D eigenvalue weighted by molar-refractivity contribution is 5.78. The number of nitrogens with zero attached hydrogens (tertiary/aromatic N) is 2. The van der Waals surface area contributed by atoms with Gasteiger partial charge < -0.3 is 9.47 Å². The van der Waals surface area contributed by atoms with Crippen LogP contribution in [0.3, 0.4) is 0 Å². The lowest BCUT2D eigenvalue weighted by atomic mass is 10.3. The fourth-order valence-corrected chi connectivity index (χ4v) is 2.13. The molecule has 3 aromatic rings. The fourth-order valence-electron chi connectivity index (χ4n) is 2.13. The average Bonchev–Trinajstić information content (AvgIpc) is 2.92. The maximum atomic E-state index is 5.71. The molecule has 4 heteroatoms. The minimum Gasteiger partial charge on any atom is -0.497 e. The molecule has 3 rings (SSSR count). The molecule has 0 aliphatic heterocycles. The lowest BCUT2D eigenvalue weighted by Gasteiger charge is -2.08. The molecule has 0 aliphatic rings. The van der Waals surface area contributed by atoms with Crippen LogP contribution in [-0.2, 0) is 6.54 Å². The quantitative estimate of drug-likeness (QED) is 0.713. The zero-order chi connectivity index (χ0) is 13.8. The number of methoxy groups -OCH3 is 1. The second-order valence-corrected chi connectivity index (χ2v) is 4.45. The third-order valence-electron chi connectivity index (χ3n) is 3.18. The van der Waals surface area contributed by atoms with Gasteiger partial charge in [-0.25, -0.2) is 0 Å². The van der Waals surface area contributed by atoms with E-state index >= 15 is 0 Å². The minimum atomic E-state index is 0.581. The van der Waals surface area contributed by atoms with Crippen LogP contribution in [0.2, 0.25) is 0 Å². The Balaban J connectivity index is 1.62. The van der Waals surface area contributed by atoms with Gasteiger partial charge in [0.25, 0.3) is 0 Å². The first-order valence-electron chi connectivity index (χ1n) is 6.54. The molecule has 0 amide bonds. The second-order valence-electron chi connectivity index (χ2n) is 4.45. The van der Waals surface area contributed by atoms with Crippen LogP contribution in [0, 0.1) is 0 Å². The van der Waals surface area contributed by atoms with Crippen LogP contribution in [0.25, 0.3) is 10.9 Å². The average molecular weight is 268 g/mol. The Kier molecular flexibility index (Phi) is 3.54. The van der Waals surface area contributed by atoms with Crippen molar-refractivity contribution < 1.29 is 9.47 Å². The van der Waals surface area contributed by atoms with Crippen molar-refractivity contribution in [1.82, 2.24) is 9.78 Å². The topological polar surface area (TPSA) is 36.3 Å². The number of fused-ring (bicyclic) bond motifs is 1. The molecule has 102 valence electrons. The van der Waals surface area contributed by atoms with Crippen LogP contribution in [0.15, 0.2) is 54.7 Å². The van der Waals surface area contributed by atoms with Crippen molar-refractivity contribution in [3.05, 3.63) is 54.7 Å². The summed E-state index contributed by atoms with van der Waals surface area (Å²) in [4.78, 5) is 0. The Hall–Kier alpha value is -2.49. The minimum absolute atomic E-state index is 0.581. The number of ether oxygens (including phenoxy) is 2. The molecule has 0 unspecified atom stereocenters. The number of hydrogen-bond donors (Lipinski definition) is 0. The summed E-state index contributed by atoms with van der Waals surface area (Å²) >= 11 is 0. The molecular weight excluding hydrogens is 252 g/mol. The van der Waals surface area contributed by atoms with Crippen molar-refractivity contribution in [1.29, 1.82) is 0 Å². The predicted molar refractivity (Wildman–Crippen MR) is 78.2 cm³/mol. The van der Waals surface area contributed by atoms with E-state index in [4.69, 9.17) is 9.47 Å². The van der Waals surface area contributed by atoms with Crippen LogP contribution in [0.4, 0.5) is 0 Å². The summed E-state index contributed by atoms with van der Waals surface area (Å²) in [5, 5.41) is 5.52. The first kappa shape index (κ1) is 12.5. The molecule has 0 aliphatic carbocycles. The summed E-state index contributed by atoms with van der Waals surface area (Å²) < 4.78 is 12.8. The van der Waals surface area contributed by atoms with Gasteiger partial charge in [-0.05, 0) is 30.3 Å². The summed E-state index contributed by atoms with van der Waals surface area (Å²) in [6, 6.07) is 15.7. The van der Waals surface area contributed by atoms with Gasteiger partial charge in [0, 0.05) is 5.39 Å². The maximum Gasteiger partial charge on any atom is 0.119 e. The number of para-hydroxylation sites is 1. The maximum absolute atomic E-state index is 5.71. The molecule has 0 bridgehead atoms. The molecule has 20 heavy (non-hydrogen) atoms. The summed E-state index contributed by atoms with van der Waals surface area (Å²) in [5.74, 6) is 1.66. The molecule has 0 saturated carbocycles. The van der Waals surface area contributed by atoms with Crippen molar-refractivity contribution in [2.24, 2.45) is 0 Å². The summed E-state index contributed by atoms with van der Waals surface area (Å²) in [5.41, 5.74) is 1.13. The highest BCUT2D eigenvalue weighted by Gasteiger charge is 2.01. The van der Waals surface area contributed by atoms with Gasteiger partial charge in [0.1, 0.15) is 18.1 Å². The van der Waals surface area contributed by atoms with Gasteiger partial charge in [0.15, 0.2) is 0 Å². The van der Waals surface area contributed by atoms with Gasteiger partial charge in [-0.2, -0.15) is 5.10 Å². The monoisotopic (exact) mass is 268 g/mol. The Morgan fingerprint density at radius 1 is 1.00 bits per heavy atom. The predicted octanol–water partition coefficient (Wildman–Crippen LogP) is 3.12. The Morgan fingerprint density at radius 3 is 2.55 bits per heavy atom. The van der Waals surface area contributed by atoms with Crippen LogP contribution < -0.4 is 9.47 Å². The fraction of sp³-hybridized carbons (Fsp3) is 0.188. The van der Waals surface area contributed by atoms with Gasteiger partial charge in [0.05, 0.1) is 25.4 Å². The number of aromatic nitrogens is 2. The van der Waals surface area contributed by atoms with Crippen LogP contribution in [0.5, 0.6) is 11.5 Å². The van der Waals surface area contributed by atoms with E-state index in [1.165, 1.54) is 0 Å². The van der Waals surface area contributed by atoms with E-state index in [2.05, 4.69) is 17.2 Å². The van der Waals surface area contributed by atoms with Crippen LogP contribution >= 0.6 is 0 Å². The molecule has 0 N–H and O–H groups in total. The Labute approximate surface area is 117 Å². The molecular formula is C16H16N2O2. The van der Waals surface area contributed by atoms with Crippen molar-refractivity contribution in [2.45, 2.75) is 6.54 Å². The van der Waals surface area contributed by atoms with E-state index in [1.807, 2.05) is 47.3 Å². The zero-order valence-electron chi connectivity index (χ0n) is 11.3. The molecule has 2 aromatic carbocycles. The molecule has 0 atom stereocenters. The first-order valence-corrected chi connectivity index (χ1v) is 6.54. The van der Waals surface area contributed by atoms with Crippen molar-refractivity contribution in [2.75, 3.05) is 13.7 Å². The van der Waals surface area contributed by atoms with Crippen molar-refractivity contribution in [3.8, 4) is 11.5 Å². The van der Waals surface area contributed by atoms with Gasteiger partial charge >= 0.3 is 0 Å². The van der Waals surface area contributed by atoms with Crippen LogP contribution in [0.1, 0.15) is 0 Å². The number of hydrogen-bond acceptors (Lipinski definition) is 3. The highest BCUT2D eigenvalue weighted by atomic mass is 16.5. The van der Waals surface area contributed by atoms with E-state index in [1.54, 1.807) is 7.11 Å². The van der Waals surface area contributed by atoms with Gasteiger partial charge in [0.2, 0.25) is 0 Å². The third kappa shape index (κ3) is 2.59. The van der Waals surface area contributed by atoms with Crippen molar-refractivity contribution >= 4 is 10.9 Å². The summed E-state index contributed by atoms with van der Waals surface area (Å²) in [7, 11) is 1.65. The molecule has 1 aromatic heterocycles. The molecule has 1 heterocycles. The first-order chi connectivity index (χ1) is 9.86. The molecule has 0 radical (unpaired) electrons. The van der Waals surface area contributed by atoms with Crippen molar-refractivity contribution in [3.63, 3.8) is 0 Å². The smallest absolute Gasteiger partial charge is 0.119 e. The number of benzene rings is 2. The SMILES string of the molecule is COc1ccc(OCCn2ncc3ccccc32)cc1. The molecule has 0 saturated heterocycles. The molecule has 0 fully saturated rings. The van der Waals surface area contributed by atoms with E-state index in [9.17, 15) is 0 Å². The van der Waals surface area contributed by atoms with E-state index in [0.29, 0.717) is 6.61 Å². The van der Waals surface area contributed by atoms with Gasteiger partial charge in [-0.15, -0.1) is 0 Å². The van der Waals surface area contributed by atoms with Gasteiger partial charge in [-0.1, -0.05) is 18.2 Å². The highest BCUT2D eigenvalue weighted by Crippen LogP contribution is 2.17. The van der Waals surface area contributed by atoms with Gasteiger partial charge in [-0.3, -0.25) is 4.68 Å². The number of rotatable bonds is 5. The standard InChI is InChI=1S/C16H16N2O2/c1-19-14-6-8-15(9-7-14)20-11-10-18-16-5-3-2-4-13(16)12-17-18/h2-9,12H,10-11H2,1H3. The lowest BCUT2D eigenvalue weighted by molar-refractivity contribution is 0.293. The van der Waals surface area contributed by atoms with Crippen LogP contribution in [-0.4, -0.2) is 23.5 Å². The normalized spacial score (nSPS) is 10.7. The van der Waals surface area contributed by atoms with E-state index in [-0.39, 0.29) is 0 Å². The Morgan fingerprint density at radius 2 is 1.75 bits per heavy atom. The lowest BCUT2D eigenvalue weighted by Crippen LogP contribution is -2.09. The Bertz CT molecular complexity index is 689. The largest absolute Gasteiger partial charge is 0.497 e. The second kappa shape index (κ2) is 5.65. The third-order valence-corrected chi connectivity index (χ3v) is 3.18. The van der Waals surface area contributed by atoms with E-state index < -0.39 is 0 Å². The van der Waals surface area contributed by atoms with E-state index in [0.717, 1.165) is 28.9 Å². The zero-order valence-corrected chi connectivity index (χ0v) is 11.3. The molecule has 0 spiro atoms.